The molecule has 7 aromatic rings. The molecule has 0 aliphatic heterocycles. The van der Waals surface area contributed by atoms with Gasteiger partial charge in [-0.2, -0.15) is 0 Å². The van der Waals surface area contributed by atoms with Gasteiger partial charge in [-0.3, -0.25) is 14.4 Å². The molecule has 3 aromatic heterocycles. The highest BCUT2D eigenvalue weighted by atomic mass is 16.1. The normalized spacial score (nSPS) is 12.0. The van der Waals surface area contributed by atoms with Crippen molar-refractivity contribution in [3.63, 3.8) is 0 Å². The van der Waals surface area contributed by atoms with Crippen LogP contribution in [0.25, 0.3) is 65.4 Å². The number of H-pyrrole nitrogens is 3. The number of pyridine rings is 3. The number of fused-ring (bicyclic) bond motifs is 9. The molecule has 156 valence electrons. The minimum Gasteiger partial charge on any atom is -0.354 e. The van der Waals surface area contributed by atoms with Crippen molar-refractivity contribution < 1.29 is 0 Å². The van der Waals surface area contributed by atoms with Gasteiger partial charge in [0.25, 0.3) is 0 Å². The Morgan fingerprint density at radius 2 is 0.667 bits per heavy atom. The largest absolute Gasteiger partial charge is 0.354 e. The fourth-order valence-electron chi connectivity index (χ4n) is 4.98. The second-order valence-electron chi connectivity index (χ2n) is 8.25. The van der Waals surface area contributed by atoms with Crippen molar-refractivity contribution in [3.05, 3.63) is 103 Å². The summed E-state index contributed by atoms with van der Waals surface area (Å²) in [5.74, 6) is 0. The summed E-state index contributed by atoms with van der Waals surface area (Å²) in [5, 5.41) is 2.41. The molecular weight excluding hydrogens is 414 g/mol. The van der Waals surface area contributed by atoms with Gasteiger partial charge in [0.05, 0.1) is 32.7 Å². The topological polar surface area (TPSA) is 98.6 Å². The maximum absolute atomic E-state index is 13.7. The Kier molecular flexibility index (Phi) is 3.35. The van der Waals surface area contributed by atoms with Crippen LogP contribution >= 0.6 is 0 Å². The van der Waals surface area contributed by atoms with Crippen LogP contribution in [0.2, 0.25) is 0 Å². The molecule has 7 rings (SSSR count). The number of benzene rings is 4. The van der Waals surface area contributed by atoms with Crippen LogP contribution in [0, 0.1) is 0 Å². The molecular formula is C27H15N3O3. The molecule has 6 heteroatoms. The van der Waals surface area contributed by atoms with Gasteiger partial charge >= 0.3 is 0 Å². The summed E-state index contributed by atoms with van der Waals surface area (Å²) < 4.78 is 0. The highest BCUT2D eigenvalue weighted by Crippen LogP contribution is 2.31. The fraction of sp³-hybridized carbons (Fsp3) is 0. The Hall–Kier alpha value is -4.71. The average molecular weight is 429 g/mol. The molecule has 0 aliphatic rings. The SMILES string of the molecule is O=c1c2ccccc2[nH]c2c1c1[nH]c3ccccc3c(=O)c1c1[nH]c3ccccc3c(=O)c21. The van der Waals surface area contributed by atoms with Crippen molar-refractivity contribution in [2.45, 2.75) is 0 Å². The summed E-state index contributed by atoms with van der Waals surface area (Å²) in [5.41, 5.74) is 2.45. The summed E-state index contributed by atoms with van der Waals surface area (Å²) >= 11 is 0. The molecule has 0 saturated carbocycles. The number of aromatic amines is 3. The maximum atomic E-state index is 13.7. The maximum Gasteiger partial charge on any atom is 0.199 e. The predicted octanol–water partition coefficient (Wildman–Crippen LogP) is 4.67. The van der Waals surface area contributed by atoms with E-state index in [2.05, 4.69) is 15.0 Å². The minimum atomic E-state index is -0.232. The van der Waals surface area contributed by atoms with Gasteiger partial charge < -0.3 is 15.0 Å². The zero-order valence-electron chi connectivity index (χ0n) is 17.2. The lowest BCUT2D eigenvalue weighted by molar-refractivity contribution is 1.44. The fourth-order valence-corrected chi connectivity index (χ4v) is 4.98. The van der Waals surface area contributed by atoms with Gasteiger partial charge in [0.15, 0.2) is 16.3 Å². The van der Waals surface area contributed by atoms with Crippen LogP contribution in [-0.2, 0) is 0 Å². The molecule has 0 radical (unpaired) electrons. The van der Waals surface area contributed by atoms with Crippen LogP contribution in [0.3, 0.4) is 0 Å². The minimum absolute atomic E-state index is 0.232. The van der Waals surface area contributed by atoms with Gasteiger partial charge in [0.1, 0.15) is 0 Å². The molecule has 0 amide bonds. The molecule has 0 saturated heterocycles. The first-order valence-electron chi connectivity index (χ1n) is 10.6. The van der Waals surface area contributed by atoms with E-state index in [0.717, 1.165) is 0 Å². The van der Waals surface area contributed by atoms with Crippen molar-refractivity contribution in [2.75, 3.05) is 0 Å². The van der Waals surface area contributed by atoms with Crippen LogP contribution in [-0.4, -0.2) is 15.0 Å². The van der Waals surface area contributed by atoms with Gasteiger partial charge in [-0.1, -0.05) is 36.4 Å². The third-order valence-electron chi connectivity index (χ3n) is 6.48. The number of para-hydroxylation sites is 3. The van der Waals surface area contributed by atoms with E-state index in [9.17, 15) is 14.4 Å². The van der Waals surface area contributed by atoms with Gasteiger partial charge in [0, 0.05) is 32.7 Å². The number of rotatable bonds is 0. The highest BCUT2D eigenvalue weighted by Gasteiger charge is 2.21. The van der Waals surface area contributed by atoms with Gasteiger partial charge in [-0.05, 0) is 36.4 Å². The second kappa shape index (κ2) is 6.17. The number of hydrogen-bond acceptors (Lipinski definition) is 3. The predicted molar refractivity (Wildman–Crippen MR) is 133 cm³/mol. The second-order valence-corrected chi connectivity index (χ2v) is 8.25. The summed E-state index contributed by atoms with van der Waals surface area (Å²) in [4.78, 5) is 51.1. The van der Waals surface area contributed by atoms with Crippen LogP contribution in [0.4, 0.5) is 0 Å². The third-order valence-corrected chi connectivity index (χ3v) is 6.48. The smallest absolute Gasteiger partial charge is 0.199 e. The Labute approximate surface area is 184 Å². The molecule has 0 spiro atoms. The Morgan fingerprint density at radius 3 is 0.970 bits per heavy atom. The Morgan fingerprint density at radius 1 is 0.394 bits per heavy atom. The van der Waals surface area contributed by atoms with E-state index < -0.39 is 0 Å². The Bertz CT molecular complexity index is 1870. The zero-order valence-corrected chi connectivity index (χ0v) is 17.2. The lowest BCUT2D eigenvalue weighted by Gasteiger charge is -2.13. The average Bonchev–Trinajstić information content (AvgIpc) is 2.84. The summed E-state index contributed by atoms with van der Waals surface area (Å²) in [6.07, 6.45) is 0. The highest BCUT2D eigenvalue weighted by molar-refractivity contribution is 6.25. The lowest BCUT2D eigenvalue weighted by atomic mass is 9.98. The van der Waals surface area contributed by atoms with Gasteiger partial charge in [0.2, 0.25) is 0 Å². The molecule has 0 aliphatic carbocycles. The monoisotopic (exact) mass is 429 g/mol. The molecule has 4 aromatic carbocycles. The molecule has 0 unspecified atom stereocenters. The molecule has 3 N–H and O–H groups in total. The van der Waals surface area contributed by atoms with Crippen LogP contribution in [0.1, 0.15) is 0 Å². The molecule has 6 nitrogen and oxygen atoms in total. The van der Waals surface area contributed by atoms with Crippen LogP contribution in [0.15, 0.2) is 87.2 Å². The van der Waals surface area contributed by atoms with E-state index in [1.807, 2.05) is 36.4 Å². The van der Waals surface area contributed by atoms with E-state index in [1.54, 1.807) is 36.4 Å². The number of nitrogens with one attached hydrogen (secondary N) is 3. The lowest BCUT2D eigenvalue weighted by Crippen LogP contribution is -2.14. The van der Waals surface area contributed by atoms with E-state index in [-0.39, 0.29) is 16.3 Å². The van der Waals surface area contributed by atoms with Gasteiger partial charge in [-0.25, -0.2) is 0 Å². The molecule has 0 atom stereocenters. The summed E-state index contributed by atoms with van der Waals surface area (Å²) in [7, 11) is 0. The van der Waals surface area contributed by atoms with Crippen molar-refractivity contribution in [2.24, 2.45) is 0 Å². The molecule has 0 bridgehead atoms. The Balaban J connectivity index is 1.95. The first-order chi connectivity index (χ1) is 16.1. The summed E-state index contributed by atoms with van der Waals surface area (Å²) in [6.45, 7) is 0. The third kappa shape index (κ3) is 2.24. The summed E-state index contributed by atoms with van der Waals surface area (Å²) in [6, 6.07) is 21.6. The molecule has 0 fully saturated rings. The van der Waals surface area contributed by atoms with E-state index >= 15 is 0 Å². The van der Waals surface area contributed by atoms with Gasteiger partial charge in [-0.15, -0.1) is 0 Å². The quantitative estimate of drug-likeness (QED) is 0.241. The van der Waals surface area contributed by atoms with Crippen molar-refractivity contribution >= 4 is 65.4 Å². The zero-order chi connectivity index (χ0) is 22.3. The number of aromatic nitrogens is 3. The molecule has 3 heterocycles. The van der Waals surface area contributed by atoms with E-state index in [1.165, 1.54) is 0 Å². The van der Waals surface area contributed by atoms with Crippen molar-refractivity contribution in [3.8, 4) is 0 Å². The number of hydrogen-bond donors (Lipinski definition) is 3. The van der Waals surface area contributed by atoms with Crippen LogP contribution < -0.4 is 16.3 Å². The van der Waals surface area contributed by atoms with E-state index in [0.29, 0.717) is 65.4 Å². The standard InChI is InChI=1S/C27H15N3O3/c31-25-13-7-1-4-10-16(13)28-22-19(25)23-21(27(33)14-8-2-5-11-17(14)29-23)24-20(22)26(32)15-9-3-6-12-18(15)30-24/h1-12H,(H,28,31)(H,29,33)(H,30,32). The van der Waals surface area contributed by atoms with E-state index in [4.69, 9.17) is 0 Å². The van der Waals surface area contributed by atoms with Crippen LogP contribution in [0.5, 0.6) is 0 Å². The van der Waals surface area contributed by atoms with Crippen molar-refractivity contribution in [1.29, 1.82) is 0 Å². The first-order valence-corrected chi connectivity index (χ1v) is 10.6. The van der Waals surface area contributed by atoms with Crippen molar-refractivity contribution in [1.82, 2.24) is 15.0 Å². The molecule has 33 heavy (non-hydrogen) atoms. The first kappa shape index (κ1) is 17.9.